The van der Waals surface area contributed by atoms with Crippen LogP contribution in [0.25, 0.3) is 0 Å². The van der Waals surface area contributed by atoms with Gasteiger partial charge in [0.25, 0.3) is 0 Å². The summed E-state index contributed by atoms with van der Waals surface area (Å²) in [5.41, 5.74) is 42.6. The Morgan fingerprint density at radius 2 is 1.49 bits per heavy atom. The van der Waals surface area contributed by atoms with Crippen LogP contribution in [0.1, 0.15) is 64.5 Å². The van der Waals surface area contributed by atoms with Crippen LogP contribution in [0.3, 0.4) is 0 Å². The second-order valence-electron chi connectivity index (χ2n) is 11.7. The number of nitrogens with zero attached hydrogens (tertiary/aromatic N) is 2. The second-order valence-corrected chi connectivity index (χ2v) is 11.7. The molecule has 0 aromatic carbocycles. The molecule has 1 aliphatic heterocycles. The minimum Gasteiger partial charge on any atom is -0.480 e. The topological polar surface area (TPSA) is 443 Å². The highest BCUT2D eigenvalue weighted by atomic mass is 16.6. The van der Waals surface area contributed by atoms with Gasteiger partial charge in [0.2, 0.25) is 0 Å². The van der Waals surface area contributed by atoms with Crippen molar-refractivity contribution >= 4 is 41.8 Å². The molecule has 304 valence electrons. The second kappa shape index (κ2) is 28.8. The fraction of sp³-hybridized carbons (Fsp3) is 0.667. The molecule has 1 saturated heterocycles. The van der Waals surface area contributed by atoms with Gasteiger partial charge in [0, 0.05) is 24.9 Å². The van der Waals surface area contributed by atoms with E-state index in [2.05, 4.69) is 25.0 Å². The number of rotatable bonds is 18. The average molecular weight is 763 g/mol. The molecule has 0 unspecified atom stereocenters. The number of carbonyl (C=O) groups excluding carboxylic acids is 3. The smallest absolute Gasteiger partial charge is 0.330 e. The van der Waals surface area contributed by atoms with Gasteiger partial charge in [-0.3, -0.25) is 24.2 Å². The normalized spacial score (nSPS) is 16.4. The van der Waals surface area contributed by atoms with Crippen molar-refractivity contribution in [1.82, 2.24) is 15.3 Å². The third-order valence-corrected chi connectivity index (χ3v) is 6.88. The highest BCUT2D eigenvalue weighted by Gasteiger charge is 2.29. The van der Waals surface area contributed by atoms with Gasteiger partial charge in [-0.25, -0.2) is 14.6 Å². The molecule has 0 aliphatic carbocycles. The largest absolute Gasteiger partial charge is 0.480 e. The minimum atomic E-state index is -1.17. The van der Waals surface area contributed by atoms with Crippen LogP contribution < -0.4 is 51.2 Å². The highest BCUT2D eigenvalue weighted by Crippen LogP contribution is 2.09. The molecule has 1 aromatic heterocycles. The molecule has 2 rings (SSSR count). The zero-order valence-corrected chi connectivity index (χ0v) is 30.1. The number of imidazole rings is 1. The molecule has 53 heavy (non-hydrogen) atoms. The molecule has 2 heterocycles. The Labute approximate surface area is 306 Å². The number of carboxylic acid groups (broad SMARTS) is 3. The number of nitrogens with two attached hydrogens (primary N) is 8. The van der Waals surface area contributed by atoms with Crippen molar-refractivity contribution in [3.63, 3.8) is 0 Å². The van der Waals surface area contributed by atoms with Crippen molar-refractivity contribution < 1.29 is 53.6 Å². The quantitative estimate of drug-likeness (QED) is 0.0221. The number of hydrogen-bond acceptors (Lipinski definition) is 17. The first-order valence-corrected chi connectivity index (χ1v) is 16.6. The molecular formula is C30H58N12O11. The van der Waals surface area contributed by atoms with E-state index in [1.807, 2.05) is 0 Å². The number of H-pyrrole nitrogens is 1. The van der Waals surface area contributed by atoms with Gasteiger partial charge in [0.05, 0.1) is 6.33 Å². The molecular weight excluding hydrogens is 704 g/mol. The third-order valence-electron chi connectivity index (χ3n) is 6.88. The van der Waals surface area contributed by atoms with Crippen LogP contribution in [0.5, 0.6) is 0 Å². The summed E-state index contributed by atoms with van der Waals surface area (Å²) >= 11 is 0. The number of nitrogens with one attached hydrogen (secondary N) is 2. The van der Waals surface area contributed by atoms with Crippen LogP contribution in [0.15, 0.2) is 17.5 Å². The van der Waals surface area contributed by atoms with Gasteiger partial charge in [0.1, 0.15) is 42.4 Å². The van der Waals surface area contributed by atoms with Crippen LogP contribution in [-0.2, 0) is 44.7 Å². The van der Waals surface area contributed by atoms with E-state index in [0.29, 0.717) is 32.4 Å². The molecule has 0 saturated carbocycles. The number of aromatic amines is 1. The third kappa shape index (κ3) is 25.8. The predicted octanol–water partition coefficient (Wildman–Crippen LogP) is -4.24. The summed E-state index contributed by atoms with van der Waals surface area (Å²) in [6.45, 7) is 4.68. The molecule has 0 bridgehead atoms. The van der Waals surface area contributed by atoms with E-state index in [9.17, 15) is 28.8 Å². The standard InChI is InChI=1S/C9H19N3O3.C9H16N2O4.C6H14N4O2.C6H9N3O2/c1-6(11)8(13)15-9(14)7(12)4-2-3-5-10;1-5(7(10)8(12)13)15-9(14)6-3-2-4-11-6;7-4(5(11)12)2-1-3-10-6(8)9;7-5(6(10)11)1-4-2-8-3-9-4/h6-7H,2-5,10-12H2,1H3;5-7,11H,2-4,10H2,1H3,(H,12,13);4H,1-3,7H2,(H,11,12)(H4,8,9,10);2-3,5H,1,7H2,(H,8,9)(H,10,11)/t6-,7-;5-,6+,7+;4-;5-/m0100/s1. The number of aliphatic imine (C=N–C) groups is 1. The number of carboxylic acids is 3. The molecule has 7 atom stereocenters. The van der Waals surface area contributed by atoms with Crippen LogP contribution in [0.4, 0.5) is 0 Å². The molecule has 0 radical (unpaired) electrons. The van der Waals surface area contributed by atoms with Crippen molar-refractivity contribution in [2.75, 3.05) is 19.6 Å². The maximum atomic E-state index is 11.4. The number of aliphatic carboxylic acids is 3. The lowest BCUT2D eigenvalue weighted by Crippen LogP contribution is -2.45. The van der Waals surface area contributed by atoms with Gasteiger partial charge in [-0.2, -0.15) is 0 Å². The Bertz CT molecular complexity index is 1260. The van der Waals surface area contributed by atoms with Gasteiger partial charge in [0.15, 0.2) is 5.96 Å². The maximum Gasteiger partial charge on any atom is 0.330 e. The van der Waals surface area contributed by atoms with E-state index in [4.69, 9.17) is 65.9 Å². The van der Waals surface area contributed by atoms with Crippen molar-refractivity contribution in [2.24, 2.45) is 50.9 Å². The summed E-state index contributed by atoms with van der Waals surface area (Å²) in [7, 11) is 0. The van der Waals surface area contributed by atoms with E-state index in [1.54, 1.807) is 6.20 Å². The van der Waals surface area contributed by atoms with Gasteiger partial charge in [-0.15, -0.1) is 0 Å². The van der Waals surface area contributed by atoms with Crippen LogP contribution in [0, 0.1) is 0 Å². The summed E-state index contributed by atoms with van der Waals surface area (Å²) in [4.78, 5) is 74.8. The Balaban J connectivity index is 0. The zero-order chi connectivity index (χ0) is 41.1. The molecule has 1 aliphatic rings. The lowest BCUT2D eigenvalue weighted by molar-refractivity contribution is -0.161. The van der Waals surface area contributed by atoms with Crippen molar-refractivity contribution in [3.05, 3.63) is 18.2 Å². The van der Waals surface area contributed by atoms with E-state index in [1.165, 1.54) is 20.2 Å². The lowest BCUT2D eigenvalue weighted by atomic mass is 10.1. The number of carbonyl (C=O) groups is 6. The van der Waals surface area contributed by atoms with Gasteiger partial charge in [-0.1, -0.05) is 6.42 Å². The molecule has 0 spiro atoms. The number of hydrogen-bond donors (Lipinski definition) is 13. The summed E-state index contributed by atoms with van der Waals surface area (Å²) in [5.74, 6) is -5.06. The fourth-order valence-corrected chi connectivity index (χ4v) is 3.68. The number of guanidine groups is 1. The summed E-state index contributed by atoms with van der Waals surface area (Å²) in [6, 6.07) is -4.75. The molecule has 0 amide bonds. The number of unbranched alkanes of at least 4 members (excludes halogenated alkanes) is 1. The van der Waals surface area contributed by atoms with E-state index in [0.717, 1.165) is 37.9 Å². The fourth-order valence-electron chi connectivity index (χ4n) is 3.68. The van der Waals surface area contributed by atoms with Crippen LogP contribution in [-0.4, -0.2) is 129 Å². The molecule has 1 aromatic rings. The lowest BCUT2D eigenvalue weighted by Gasteiger charge is -2.19. The monoisotopic (exact) mass is 762 g/mol. The molecule has 21 N–H and O–H groups in total. The molecule has 23 heteroatoms. The van der Waals surface area contributed by atoms with Crippen molar-refractivity contribution in [1.29, 1.82) is 0 Å². The number of ether oxygens (including phenoxy) is 2. The Morgan fingerprint density at radius 1 is 0.887 bits per heavy atom. The summed E-state index contributed by atoms with van der Waals surface area (Å²) in [6.07, 6.45) is 7.13. The van der Waals surface area contributed by atoms with Gasteiger partial charge < -0.3 is 81.0 Å². The maximum absolute atomic E-state index is 11.4. The van der Waals surface area contributed by atoms with Gasteiger partial charge in [-0.05, 0) is 65.5 Å². The Kier molecular flexibility index (Phi) is 27.3. The first kappa shape index (κ1) is 50.3. The number of esters is 3. The van der Waals surface area contributed by atoms with Crippen molar-refractivity contribution in [3.8, 4) is 0 Å². The average Bonchev–Trinajstić information content (AvgIpc) is 3.82. The van der Waals surface area contributed by atoms with Gasteiger partial charge >= 0.3 is 35.8 Å². The first-order valence-electron chi connectivity index (χ1n) is 16.6. The summed E-state index contributed by atoms with van der Waals surface area (Å²) < 4.78 is 9.40. The first-order chi connectivity index (χ1) is 24.7. The SMILES string of the molecule is C[C@@H](OC(=O)[C@@H]1CCCN1)[C@H](N)C(=O)O.C[C@H](N)C(=O)OC(=O)[C@@H](N)CCCCN.NC(N)=NCCC[C@H](N)C(=O)O.N[C@@H](Cc1cnc[nH]1)C(=O)O. The zero-order valence-electron chi connectivity index (χ0n) is 30.1. The van der Waals surface area contributed by atoms with E-state index in [-0.39, 0.29) is 18.4 Å². The van der Waals surface area contributed by atoms with Crippen LogP contribution in [0.2, 0.25) is 0 Å². The van der Waals surface area contributed by atoms with Crippen molar-refractivity contribution in [2.45, 2.75) is 108 Å². The summed E-state index contributed by atoms with van der Waals surface area (Å²) in [5, 5.41) is 28.4. The minimum absolute atomic E-state index is 0.0129. The molecule has 23 nitrogen and oxygen atoms in total. The Hall–Kier alpha value is -4.78. The Morgan fingerprint density at radius 3 is 1.94 bits per heavy atom. The molecule has 1 fully saturated rings. The number of aromatic nitrogens is 2. The van der Waals surface area contributed by atoms with Crippen LogP contribution >= 0.6 is 0 Å². The van der Waals surface area contributed by atoms with E-state index >= 15 is 0 Å². The predicted molar refractivity (Wildman–Crippen MR) is 191 cm³/mol. The van der Waals surface area contributed by atoms with E-state index < -0.39 is 72.1 Å². The highest BCUT2D eigenvalue weighted by molar-refractivity contribution is 5.90.